The Morgan fingerprint density at radius 1 is 1.13 bits per heavy atom. The third kappa shape index (κ3) is 7.49. The maximum atomic E-state index is 13.6. The standard InChI is InChI=1S/C28H40N4O6/c1-6-17(2)23(26(35)36)31-24(33)18-11-13-32(14-12-18)25(34)22(30-27(37)38-28(3,4)5)15-19-16-29-21-10-8-7-9-20(19)21/h7-10,16-18,22-23,29H,6,11-15H2,1-5H3,(H,30,37)(H,31,33)(H,35,36)/t17?,22-,23-/m0/s1. The molecule has 0 spiro atoms. The second-order valence-electron chi connectivity index (χ2n) is 11.1. The molecule has 208 valence electrons. The van der Waals surface area contributed by atoms with E-state index in [-0.39, 0.29) is 30.1 Å². The van der Waals surface area contributed by atoms with Crippen LogP contribution in [0.3, 0.4) is 0 Å². The molecular formula is C28H40N4O6. The number of nitrogens with one attached hydrogen (secondary N) is 3. The number of benzene rings is 1. The Balaban J connectivity index is 1.69. The zero-order chi connectivity index (χ0) is 28.0. The Labute approximate surface area is 223 Å². The van der Waals surface area contributed by atoms with E-state index in [0.717, 1.165) is 16.5 Å². The van der Waals surface area contributed by atoms with E-state index in [2.05, 4.69) is 15.6 Å². The van der Waals surface area contributed by atoms with Gasteiger partial charge in [0.2, 0.25) is 11.8 Å². The summed E-state index contributed by atoms with van der Waals surface area (Å²) in [4.78, 5) is 55.5. The van der Waals surface area contributed by atoms with Crippen molar-refractivity contribution < 1.29 is 29.0 Å². The van der Waals surface area contributed by atoms with Gasteiger partial charge >= 0.3 is 12.1 Å². The number of ether oxygens (including phenoxy) is 1. The zero-order valence-electron chi connectivity index (χ0n) is 22.9. The normalized spacial score (nSPS) is 16.9. The van der Waals surface area contributed by atoms with Crippen molar-refractivity contribution in [3.8, 4) is 0 Å². The lowest BCUT2D eigenvalue weighted by Gasteiger charge is -2.34. The molecule has 10 nitrogen and oxygen atoms in total. The van der Waals surface area contributed by atoms with E-state index in [1.807, 2.05) is 37.4 Å². The molecule has 1 aliphatic rings. The molecule has 38 heavy (non-hydrogen) atoms. The number of amides is 3. The van der Waals surface area contributed by atoms with Gasteiger partial charge in [-0.05, 0) is 51.2 Å². The van der Waals surface area contributed by atoms with Gasteiger partial charge in [-0.1, -0.05) is 38.5 Å². The van der Waals surface area contributed by atoms with Gasteiger partial charge in [0.1, 0.15) is 17.7 Å². The number of carbonyl (C=O) groups excluding carboxylic acids is 3. The van der Waals surface area contributed by atoms with E-state index in [0.29, 0.717) is 32.4 Å². The van der Waals surface area contributed by atoms with Crippen LogP contribution >= 0.6 is 0 Å². The maximum Gasteiger partial charge on any atom is 0.408 e. The average molecular weight is 529 g/mol. The number of fused-ring (bicyclic) bond motifs is 1. The lowest BCUT2D eigenvalue weighted by atomic mass is 9.93. The monoisotopic (exact) mass is 528 g/mol. The predicted octanol–water partition coefficient (Wildman–Crippen LogP) is 3.46. The average Bonchev–Trinajstić information content (AvgIpc) is 3.27. The molecular weight excluding hydrogens is 488 g/mol. The summed E-state index contributed by atoms with van der Waals surface area (Å²) in [6.45, 7) is 9.62. The first-order valence-electron chi connectivity index (χ1n) is 13.3. The van der Waals surface area contributed by atoms with Crippen molar-refractivity contribution in [3.63, 3.8) is 0 Å². The lowest BCUT2D eigenvalue weighted by Crippen LogP contribution is -2.54. The second kappa shape index (κ2) is 12.3. The predicted molar refractivity (Wildman–Crippen MR) is 143 cm³/mol. The van der Waals surface area contributed by atoms with E-state index < -0.39 is 29.7 Å². The second-order valence-corrected chi connectivity index (χ2v) is 11.1. The fourth-order valence-corrected chi connectivity index (χ4v) is 4.71. The van der Waals surface area contributed by atoms with Crippen LogP contribution in [0.5, 0.6) is 0 Å². The van der Waals surface area contributed by atoms with Gasteiger partial charge in [0.25, 0.3) is 0 Å². The largest absolute Gasteiger partial charge is 0.480 e. The molecule has 2 heterocycles. The molecule has 3 atom stereocenters. The number of carbonyl (C=O) groups is 4. The van der Waals surface area contributed by atoms with E-state index in [1.165, 1.54) is 0 Å². The zero-order valence-corrected chi connectivity index (χ0v) is 22.9. The maximum absolute atomic E-state index is 13.6. The smallest absolute Gasteiger partial charge is 0.408 e. The molecule has 0 bridgehead atoms. The molecule has 1 unspecified atom stereocenters. The van der Waals surface area contributed by atoms with Gasteiger partial charge in [-0.15, -0.1) is 0 Å². The third-order valence-corrected chi connectivity index (χ3v) is 7.04. The molecule has 1 aromatic heterocycles. The van der Waals surface area contributed by atoms with Crippen molar-refractivity contribution in [2.24, 2.45) is 11.8 Å². The van der Waals surface area contributed by atoms with E-state index in [4.69, 9.17) is 4.74 Å². The van der Waals surface area contributed by atoms with Crippen molar-refractivity contribution in [1.29, 1.82) is 0 Å². The van der Waals surface area contributed by atoms with Crippen molar-refractivity contribution in [2.45, 2.75) is 78.0 Å². The summed E-state index contributed by atoms with van der Waals surface area (Å²) in [5.41, 5.74) is 1.12. The van der Waals surface area contributed by atoms with Crippen molar-refractivity contribution >= 4 is 34.8 Å². The van der Waals surface area contributed by atoms with E-state index >= 15 is 0 Å². The number of hydrogen-bond donors (Lipinski definition) is 4. The van der Waals surface area contributed by atoms with E-state index in [1.54, 1.807) is 32.6 Å². The van der Waals surface area contributed by atoms with Crippen LogP contribution in [0.4, 0.5) is 4.79 Å². The summed E-state index contributed by atoms with van der Waals surface area (Å²) in [5, 5.41) is 15.9. The van der Waals surface area contributed by atoms with Gasteiger partial charge in [-0.25, -0.2) is 9.59 Å². The highest BCUT2D eigenvalue weighted by molar-refractivity contribution is 5.89. The molecule has 4 N–H and O–H groups in total. The number of piperidine rings is 1. The summed E-state index contributed by atoms with van der Waals surface area (Å²) in [6, 6.07) is 5.96. The van der Waals surface area contributed by atoms with Crippen LogP contribution in [0, 0.1) is 11.8 Å². The summed E-state index contributed by atoms with van der Waals surface area (Å²) in [7, 11) is 0. The number of rotatable bonds is 9. The van der Waals surface area contributed by atoms with Gasteiger partial charge in [-0.3, -0.25) is 9.59 Å². The van der Waals surface area contributed by atoms with Gasteiger partial charge in [0, 0.05) is 42.5 Å². The molecule has 3 rings (SSSR count). The number of hydrogen-bond acceptors (Lipinski definition) is 5. The number of H-pyrrole nitrogens is 1. The number of aromatic nitrogens is 1. The van der Waals surface area contributed by atoms with Crippen molar-refractivity contribution in [1.82, 2.24) is 20.5 Å². The number of aliphatic carboxylic acids is 1. The molecule has 1 saturated heterocycles. The molecule has 1 aromatic carbocycles. The van der Waals surface area contributed by atoms with E-state index in [9.17, 15) is 24.3 Å². The van der Waals surface area contributed by atoms with Crippen LogP contribution in [0.25, 0.3) is 10.9 Å². The fraction of sp³-hybridized carbons (Fsp3) is 0.571. The van der Waals surface area contributed by atoms with Crippen LogP contribution in [0.1, 0.15) is 59.4 Å². The summed E-state index contributed by atoms with van der Waals surface area (Å²) >= 11 is 0. The highest BCUT2D eigenvalue weighted by Gasteiger charge is 2.35. The quantitative estimate of drug-likeness (QED) is 0.393. The first kappa shape index (κ1) is 29.0. The van der Waals surface area contributed by atoms with Crippen molar-refractivity contribution in [2.75, 3.05) is 13.1 Å². The Bertz CT molecular complexity index is 1150. The Kier molecular flexibility index (Phi) is 9.40. The number of para-hydroxylation sites is 1. The summed E-state index contributed by atoms with van der Waals surface area (Å²) in [5.74, 6) is -2.16. The summed E-state index contributed by atoms with van der Waals surface area (Å²) in [6.07, 6.45) is 2.90. The van der Waals surface area contributed by atoms with Gasteiger partial charge < -0.3 is 30.4 Å². The molecule has 0 aliphatic carbocycles. The van der Waals surface area contributed by atoms with Crippen LogP contribution < -0.4 is 10.6 Å². The first-order valence-corrected chi connectivity index (χ1v) is 13.3. The van der Waals surface area contributed by atoms with Crippen LogP contribution in [0.15, 0.2) is 30.5 Å². The Morgan fingerprint density at radius 3 is 2.39 bits per heavy atom. The number of likely N-dealkylation sites (tertiary alicyclic amines) is 1. The minimum atomic E-state index is -1.05. The Morgan fingerprint density at radius 2 is 1.79 bits per heavy atom. The van der Waals surface area contributed by atoms with Gasteiger partial charge in [0.15, 0.2) is 0 Å². The minimum Gasteiger partial charge on any atom is -0.480 e. The Hall–Kier alpha value is -3.56. The van der Waals surface area contributed by atoms with Gasteiger partial charge in [-0.2, -0.15) is 0 Å². The van der Waals surface area contributed by atoms with Crippen molar-refractivity contribution in [3.05, 3.63) is 36.0 Å². The molecule has 2 aromatic rings. The molecule has 1 aliphatic heterocycles. The molecule has 0 saturated carbocycles. The van der Waals surface area contributed by atoms with Gasteiger partial charge in [0.05, 0.1) is 0 Å². The topological polar surface area (TPSA) is 141 Å². The lowest BCUT2D eigenvalue weighted by molar-refractivity contribution is -0.144. The SMILES string of the molecule is CCC(C)[C@H](NC(=O)C1CCN(C(=O)[C@H](Cc2c[nH]c3ccccc23)NC(=O)OC(C)(C)C)CC1)C(=O)O. The minimum absolute atomic E-state index is 0.192. The van der Waals surface area contributed by atoms with Crippen LogP contribution in [-0.4, -0.2) is 69.6 Å². The number of nitrogens with zero attached hydrogens (tertiary/aromatic N) is 1. The highest BCUT2D eigenvalue weighted by Crippen LogP contribution is 2.23. The molecule has 0 radical (unpaired) electrons. The molecule has 10 heteroatoms. The highest BCUT2D eigenvalue weighted by atomic mass is 16.6. The number of aromatic amines is 1. The third-order valence-electron chi connectivity index (χ3n) is 7.04. The summed E-state index contributed by atoms with van der Waals surface area (Å²) < 4.78 is 5.42. The number of alkyl carbamates (subject to hydrolysis) is 1. The first-order chi connectivity index (χ1) is 17.9. The molecule has 3 amide bonds. The van der Waals surface area contributed by atoms with Crippen LogP contribution in [0.2, 0.25) is 0 Å². The van der Waals surface area contributed by atoms with Crippen LogP contribution in [-0.2, 0) is 25.5 Å². The molecule has 1 fully saturated rings. The number of carboxylic acids is 1. The number of carboxylic acid groups (broad SMARTS) is 1. The fourth-order valence-electron chi connectivity index (χ4n) is 4.71.